The van der Waals surface area contributed by atoms with E-state index in [1.54, 1.807) is 0 Å². The Bertz CT molecular complexity index is 437. The van der Waals surface area contributed by atoms with Crippen LogP contribution in [0.25, 0.3) is 0 Å². The van der Waals surface area contributed by atoms with Gasteiger partial charge in [0.05, 0.1) is 17.8 Å². The van der Waals surface area contributed by atoms with E-state index in [4.69, 9.17) is 15.6 Å². The summed E-state index contributed by atoms with van der Waals surface area (Å²) in [4.78, 5) is 12.2. The monoisotopic (exact) mass is 241 g/mol. The number of aromatic carboxylic acids is 1. The van der Waals surface area contributed by atoms with Gasteiger partial charge in [0.2, 0.25) is 0 Å². The average molecular weight is 241 g/mol. The van der Waals surface area contributed by atoms with Crippen molar-refractivity contribution in [1.82, 2.24) is 0 Å². The molecule has 0 aromatic carbocycles. The normalized spacial score (nSPS) is 18.9. The van der Waals surface area contributed by atoms with Crippen molar-refractivity contribution in [2.45, 2.75) is 32.3 Å². The lowest BCUT2D eigenvalue weighted by Gasteiger charge is -2.23. The molecule has 2 heterocycles. The van der Waals surface area contributed by atoms with Crippen LogP contribution in [0, 0.1) is 0 Å². The number of thiophene rings is 1. The first kappa shape index (κ1) is 11.4. The number of fused-ring (bicyclic) bond motifs is 1. The third-order valence-electron chi connectivity index (χ3n) is 2.76. The smallest absolute Gasteiger partial charge is 0.338 e. The molecule has 0 saturated heterocycles. The van der Waals surface area contributed by atoms with Gasteiger partial charge in [-0.2, -0.15) is 0 Å². The van der Waals surface area contributed by atoms with Crippen molar-refractivity contribution < 1.29 is 14.6 Å². The number of carboxylic acids is 1. The minimum atomic E-state index is -0.937. The lowest BCUT2D eigenvalue weighted by Crippen LogP contribution is -2.27. The number of anilines is 1. The molecule has 16 heavy (non-hydrogen) atoms. The largest absolute Gasteiger partial charge is 0.478 e. The van der Waals surface area contributed by atoms with Gasteiger partial charge in [-0.25, -0.2) is 4.79 Å². The third-order valence-corrected chi connectivity index (χ3v) is 3.88. The fraction of sp³-hybridized carbons (Fsp3) is 0.545. The number of carboxylic acid groups (broad SMARTS) is 1. The fourth-order valence-corrected chi connectivity index (χ4v) is 3.11. The van der Waals surface area contributed by atoms with Gasteiger partial charge in [0.25, 0.3) is 0 Å². The summed E-state index contributed by atoms with van der Waals surface area (Å²) >= 11 is 1.38. The Morgan fingerprint density at radius 3 is 2.88 bits per heavy atom. The number of nitrogen functional groups attached to an aromatic ring is 1. The van der Waals surface area contributed by atoms with Crippen LogP contribution in [-0.4, -0.2) is 23.3 Å². The Hall–Kier alpha value is -1.07. The van der Waals surface area contributed by atoms with Crippen molar-refractivity contribution in [3.05, 3.63) is 16.0 Å². The van der Waals surface area contributed by atoms with E-state index in [0.717, 1.165) is 16.9 Å². The van der Waals surface area contributed by atoms with E-state index in [0.29, 0.717) is 18.0 Å². The molecule has 0 bridgehead atoms. The van der Waals surface area contributed by atoms with Crippen molar-refractivity contribution in [3.8, 4) is 0 Å². The van der Waals surface area contributed by atoms with Gasteiger partial charge in [0.1, 0.15) is 5.00 Å². The van der Waals surface area contributed by atoms with Gasteiger partial charge in [0, 0.05) is 17.7 Å². The second-order valence-electron chi connectivity index (χ2n) is 4.58. The van der Waals surface area contributed by atoms with E-state index >= 15 is 0 Å². The summed E-state index contributed by atoms with van der Waals surface area (Å²) in [5, 5.41) is 9.57. The molecule has 3 N–H and O–H groups in total. The zero-order valence-corrected chi connectivity index (χ0v) is 10.2. The molecule has 1 aromatic rings. The van der Waals surface area contributed by atoms with Gasteiger partial charge < -0.3 is 15.6 Å². The third kappa shape index (κ3) is 1.92. The Kier molecular flexibility index (Phi) is 2.67. The second-order valence-corrected chi connectivity index (χ2v) is 5.72. The molecule has 4 nitrogen and oxygen atoms in total. The fourth-order valence-electron chi connectivity index (χ4n) is 2.05. The highest BCUT2D eigenvalue weighted by Gasteiger charge is 2.30. The molecule has 0 radical (unpaired) electrons. The molecule has 0 atom stereocenters. The maximum Gasteiger partial charge on any atom is 0.338 e. The van der Waals surface area contributed by atoms with Gasteiger partial charge >= 0.3 is 5.97 Å². The first-order valence-electron chi connectivity index (χ1n) is 5.18. The predicted molar refractivity (Wildman–Crippen MR) is 63.1 cm³/mol. The highest BCUT2D eigenvalue weighted by Crippen LogP contribution is 2.36. The van der Waals surface area contributed by atoms with Gasteiger partial charge in [-0.15, -0.1) is 11.3 Å². The average Bonchev–Trinajstić information content (AvgIpc) is 2.33. The molecular formula is C11H15NO3S. The van der Waals surface area contributed by atoms with E-state index in [1.165, 1.54) is 11.3 Å². The van der Waals surface area contributed by atoms with Crippen molar-refractivity contribution >= 4 is 22.3 Å². The van der Waals surface area contributed by atoms with Gasteiger partial charge in [-0.3, -0.25) is 0 Å². The Labute approximate surface area is 98.0 Å². The molecule has 0 saturated carbocycles. The summed E-state index contributed by atoms with van der Waals surface area (Å²) in [5.74, 6) is -0.937. The first-order valence-corrected chi connectivity index (χ1v) is 5.99. The minimum Gasteiger partial charge on any atom is -0.478 e. The van der Waals surface area contributed by atoms with E-state index in [2.05, 4.69) is 0 Å². The standard InChI is InChI=1S/C11H15NO3S/c1-11(2)5-6-7(3-4-15-11)16-9(12)8(6)10(13)14/h3-5,12H2,1-2H3,(H,13,14). The molecule has 88 valence electrons. The second kappa shape index (κ2) is 3.75. The number of nitrogens with two attached hydrogens (primary N) is 1. The van der Waals surface area contributed by atoms with Crippen molar-refractivity contribution in [2.24, 2.45) is 0 Å². The van der Waals surface area contributed by atoms with Crippen LogP contribution >= 0.6 is 11.3 Å². The van der Waals surface area contributed by atoms with Gasteiger partial charge in [-0.05, 0) is 19.4 Å². The Balaban J connectivity index is 2.51. The number of carbonyl (C=O) groups is 1. The van der Waals surface area contributed by atoms with Crippen molar-refractivity contribution in [1.29, 1.82) is 0 Å². The van der Waals surface area contributed by atoms with Crippen LogP contribution in [0.15, 0.2) is 0 Å². The summed E-state index contributed by atoms with van der Waals surface area (Å²) in [6.07, 6.45) is 1.36. The Morgan fingerprint density at radius 1 is 1.56 bits per heavy atom. The Morgan fingerprint density at radius 2 is 2.25 bits per heavy atom. The van der Waals surface area contributed by atoms with Crippen LogP contribution in [0.2, 0.25) is 0 Å². The quantitative estimate of drug-likeness (QED) is 0.788. The first-order chi connectivity index (χ1) is 7.41. The van der Waals surface area contributed by atoms with Crippen LogP contribution < -0.4 is 5.73 Å². The van der Waals surface area contributed by atoms with Crippen LogP contribution in [0.4, 0.5) is 5.00 Å². The van der Waals surface area contributed by atoms with E-state index < -0.39 is 5.97 Å². The maximum atomic E-state index is 11.2. The minimum absolute atomic E-state index is 0.276. The summed E-state index contributed by atoms with van der Waals surface area (Å²) in [5.41, 5.74) is 6.58. The molecule has 1 aliphatic rings. The number of rotatable bonds is 1. The number of hydrogen-bond donors (Lipinski definition) is 2. The molecule has 1 aromatic heterocycles. The van der Waals surface area contributed by atoms with Crippen LogP contribution in [0.3, 0.4) is 0 Å². The van der Waals surface area contributed by atoms with Crippen molar-refractivity contribution in [3.63, 3.8) is 0 Å². The highest BCUT2D eigenvalue weighted by atomic mass is 32.1. The SMILES string of the molecule is CC1(C)Cc2c(sc(N)c2C(=O)O)CCO1. The zero-order chi connectivity index (χ0) is 11.9. The van der Waals surface area contributed by atoms with Gasteiger partial charge in [0.15, 0.2) is 0 Å². The molecule has 0 amide bonds. The topological polar surface area (TPSA) is 72.6 Å². The summed E-state index contributed by atoms with van der Waals surface area (Å²) < 4.78 is 5.68. The van der Waals surface area contributed by atoms with Crippen LogP contribution in [0.1, 0.15) is 34.6 Å². The van der Waals surface area contributed by atoms with E-state index in [1.807, 2.05) is 13.8 Å². The lowest BCUT2D eigenvalue weighted by molar-refractivity contribution is -0.0103. The summed E-state index contributed by atoms with van der Waals surface area (Å²) in [6.45, 7) is 4.57. The molecule has 1 aliphatic heterocycles. The van der Waals surface area contributed by atoms with Gasteiger partial charge in [-0.1, -0.05) is 0 Å². The number of hydrogen-bond acceptors (Lipinski definition) is 4. The molecular weight excluding hydrogens is 226 g/mol. The maximum absolute atomic E-state index is 11.2. The zero-order valence-electron chi connectivity index (χ0n) is 9.37. The van der Waals surface area contributed by atoms with Crippen LogP contribution in [0.5, 0.6) is 0 Å². The molecule has 5 heteroatoms. The lowest BCUT2D eigenvalue weighted by atomic mass is 9.96. The van der Waals surface area contributed by atoms with E-state index in [-0.39, 0.29) is 11.2 Å². The molecule has 2 rings (SSSR count). The predicted octanol–water partition coefficient (Wildman–Crippen LogP) is 1.92. The van der Waals surface area contributed by atoms with Crippen LogP contribution in [-0.2, 0) is 17.6 Å². The summed E-state index contributed by atoms with van der Waals surface area (Å²) in [6, 6.07) is 0. The summed E-state index contributed by atoms with van der Waals surface area (Å²) in [7, 11) is 0. The highest BCUT2D eigenvalue weighted by molar-refractivity contribution is 7.16. The number of ether oxygens (including phenoxy) is 1. The van der Waals surface area contributed by atoms with Crippen molar-refractivity contribution in [2.75, 3.05) is 12.3 Å². The molecule has 0 fully saturated rings. The molecule has 0 spiro atoms. The molecule has 0 unspecified atom stereocenters. The molecule has 0 aliphatic carbocycles. The van der Waals surface area contributed by atoms with E-state index in [9.17, 15) is 4.79 Å².